The van der Waals surface area contributed by atoms with Gasteiger partial charge in [0.2, 0.25) is 5.91 Å². The van der Waals surface area contributed by atoms with Crippen molar-refractivity contribution in [2.45, 2.75) is 58.9 Å². The summed E-state index contributed by atoms with van der Waals surface area (Å²) in [5.41, 5.74) is 0.458. The molecular formula is C21H32N2O3. The zero-order valence-corrected chi connectivity index (χ0v) is 16.2. The Bertz CT molecular complexity index is 595. The monoisotopic (exact) mass is 360 g/mol. The van der Waals surface area contributed by atoms with Crippen molar-refractivity contribution in [1.82, 2.24) is 10.6 Å². The highest BCUT2D eigenvalue weighted by Gasteiger charge is 2.26. The zero-order chi connectivity index (χ0) is 18.9. The van der Waals surface area contributed by atoms with Gasteiger partial charge in [-0.3, -0.25) is 9.59 Å². The fraction of sp³-hybridized carbons (Fsp3) is 0.619. The molecular weight excluding hydrogens is 328 g/mol. The normalized spacial score (nSPS) is 16.2. The van der Waals surface area contributed by atoms with E-state index in [1.54, 1.807) is 18.2 Å². The van der Waals surface area contributed by atoms with Crippen LogP contribution in [0.2, 0.25) is 0 Å². The molecule has 1 atom stereocenters. The number of para-hydroxylation sites is 1. The third-order valence-corrected chi connectivity index (χ3v) is 4.96. The zero-order valence-electron chi connectivity index (χ0n) is 16.2. The number of nitrogens with one attached hydrogen (secondary N) is 2. The lowest BCUT2D eigenvalue weighted by molar-refractivity contribution is -0.124. The van der Waals surface area contributed by atoms with E-state index in [0.29, 0.717) is 30.4 Å². The van der Waals surface area contributed by atoms with Gasteiger partial charge in [0.15, 0.2) is 0 Å². The predicted molar refractivity (Wildman–Crippen MR) is 103 cm³/mol. The van der Waals surface area contributed by atoms with E-state index in [1.165, 1.54) is 32.1 Å². The summed E-state index contributed by atoms with van der Waals surface area (Å²) in [5, 5.41) is 5.93. The first-order chi connectivity index (χ1) is 12.5. The molecule has 0 saturated heterocycles. The van der Waals surface area contributed by atoms with Gasteiger partial charge in [0.1, 0.15) is 11.8 Å². The van der Waals surface area contributed by atoms with Crippen molar-refractivity contribution in [3.8, 4) is 5.75 Å². The molecule has 1 saturated carbocycles. The minimum Gasteiger partial charge on any atom is -0.493 e. The quantitative estimate of drug-likeness (QED) is 0.745. The van der Waals surface area contributed by atoms with Gasteiger partial charge in [-0.05, 0) is 43.7 Å². The van der Waals surface area contributed by atoms with Gasteiger partial charge in [0, 0.05) is 6.54 Å². The highest BCUT2D eigenvalue weighted by Crippen LogP contribution is 2.23. The molecule has 0 aromatic heterocycles. The summed E-state index contributed by atoms with van der Waals surface area (Å²) in [6, 6.07) is 6.56. The van der Waals surface area contributed by atoms with Crippen LogP contribution in [0, 0.1) is 11.8 Å². The molecule has 2 N–H and O–H groups in total. The summed E-state index contributed by atoms with van der Waals surface area (Å²) in [6.45, 7) is 6.96. The van der Waals surface area contributed by atoms with Crippen LogP contribution < -0.4 is 15.4 Å². The van der Waals surface area contributed by atoms with E-state index in [9.17, 15) is 9.59 Å². The first-order valence-corrected chi connectivity index (χ1v) is 9.83. The Balaban J connectivity index is 1.98. The molecule has 2 rings (SSSR count). The van der Waals surface area contributed by atoms with Crippen LogP contribution in [0.3, 0.4) is 0 Å². The SMILES string of the molecule is CCOc1ccccc1C(=O)N[C@@H](C(=O)NCC1CCCCC1)C(C)C. The average molecular weight is 360 g/mol. The van der Waals surface area contributed by atoms with Crippen molar-refractivity contribution in [2.75, 3.05) is 13.2 Å². The Kier molecular flexibility index (Phi) is 7.95. The number of benzene rings is 1. The second-order valence-corrected chi connectivity index (χ2v) is 7.37. The minimum absolute atomic E-state index is 0.00422. The van der Waals surface area contributed by atoms with Crippen LogP contribution in [-0.4, -0.2) is 31.0 Å². The smallest absolute Gasteiger partial charge is 0.255 e. The third kappa shape index (κ3) is 5.75. The van der Waals surface area contributed by atoms with Crippen LogP contribution in [0.4, 0.5) is 0 Å². The predicted octanol–water partition coefficient (Wildman–Crippen LogP) is 3.54. The molecule has 0 spiro atoms. The van der Waals surface area contributed by atoms with Crippen LogP contribution in [-0.2, 0) is 4.79 Å². The fourth-order valence-electron chi connectivity index (χ4n) is 3.44. The first-order valence-electron chi connectivity index (χ1n) is 9.83. The van der Waals surface area contributed by atoms with E-state index in [1.807, 2.05) is 26.8 Å². The van der Waals surface area contributed by atoms with E-state index in [4.69, 9.17) is 4.74 Å². The number of ether oxygens (including phenoxy) is 1. The molecule has 0 unspecified atom stereocenters. The Labute approximate surface area is 156 Å². The molecule has 26 heavy (non-hydrogen) atoms. The van der Waals surface area contributed by atoms with E-state index in [-0.39, 0.29) is 17.7 Å². The lowest BCUT2D eigenvalue weighted by Gasteiger charge is -2.25. The Hall–Kier alpha value is -2.04. The van der Waals surface area contributed by atoms with Gasteiger partial charge < -0.3 is 15.4 Å². The second-order valence-electron chi connectivity index (χ2n) is 7.37. The molecule has 2 amide bonds. The van der Waals surface area contributed by atoms with Crippen molar-refractivity contribution in [2.24, 2.45) is 11.8 Å². The Morgan fingerprint density at radius 2 is 1.85 bits per heavy atom. The highest BCUT2D eigenvalue weighted by molar-refractivity contribution is 5.99. The first kappa shape index (κ1) is 20.3. The van der Waals surface area contributed by atoms with Crippen LogP contribution in [0.25, 0.3) is 0 Å². The average Bonchev–Trinajstić information content (AvgIpc) is 2.65. The maximum atomic E-state index is 12.7. The summed E-state index contributed by atoms with van der Waals surface area (Å²) in [6.07, 6.45) is 6.16. The molecule has 5 nitrogen and oxygen atoms in total. The van der Waals surface area contributed by atoms with Crippen LogP contribution in [0.15, 0.2) is 24.3 Å². The summed E-state index contributed by atoms with van der Waals surface area (Å²) in [7, 11) is 0. The molecule has 1 aromatic rings. The van der Waals surface area contributed by atoms with E-state index < -0.39 is 6.04 Å². The van der Waals surface area contributed by atoms with E-state index in [0.717, 1.165) is 0 Å². The number of hydrogen-bond donors (Lipinski definition) is 2. The Morgan fingerprint density at radius 3 is 2.50 bits per heavy atom. The molecule has 1 aliphatic rings. The maximum Gasteiger partial charge on any atom is 0.255 e. The topological polar surface area (TPSA) is 67.4 Å². The van der Waals surface area contributed by atoms with Crippen molar-refractivity contribution >= 4 is 11.8 Å². The largest absolute Gasteiger partial charge is 0.493 e. The molecule has 1 aromatic carbocycles. The minimum atomic E-state index is -0.555. The van der Waals surface area contributed by atoms with Crippen molar-refractivity contribution in [1.29, 1.82) is 0 Å². The molecule has 0 heterocycles. The van der Waals surface area contributed by atoms with E-state index >= 15 is 0 Å². The third-order valence-electron chi connectivity index (χ3n) is 4.96. The number of hydrogen-bond acceptors (Lipinski definition) is 3. The summed E-state index contributed by atoms with van der Waals surface area (Å²) in [5.74, 6) is 0.727. The number of carbonyl (C=O) groups is 2. The highest BCUT2D eigenvalue weighted by atomic mass is 16.5. The molecule has 144 valence electrons. The molecule has 0 bridgehead atoms. The van der Waals surface area contributed by atoms with Crippen LogP contribution in [0.1, 0.15) is 63.2 Å². The summed E-state index contributed by atoms with van der Waals surface area (Å²) in [4.78, 5) is 25.3. The molecule has 0 aliphatic heterocycles. The number of amides is 2. The Morgan fingerprint density at radius 1 is 1.15 bits per heavy atom. The van der Waals surface area contributed by atoms with Gasteiger partial charge in [-0.2, -0.15) is 0 Å². The number of rotatable bonds is 8. The fourth-order valence-corrected chi connectivity index (χ4v) is 3.44. The molecule has 1 aliphatic carbocycles. The van der Waals surface area contributed by atoms with Crippen LogP contribution in [0.5, 0.6) is 5.75 Å². The van der Waals surface area contributed by atoms with Gasteiger partial charge in [-0.15, -0.1) is 0 Å². The number of carbonyl (C=O) groups excluding carboxylic acids is 2. The van der Waals surface area contributed by atoms with Gasteiger partial charge in [0.25, 0.3) is 5.91 Å². The molecule has 5 heteroatoms. The molecule has 1 fully saturated rings. The second kappa shape index (κ2) is 10.2. The van der Waals surface area contributed by atoms with Gasteiger partial charge in [-0.25, -0.2) is 0 Å². The standard InChI is InChI=1S/C21H32N2O3/c1-4-26-18-13-9-8-12-17(18)20(24)23-19(15(2)3)21(25)22-14-16-10-6-5-7-11-16/h8-9,12-13,15-16,19H,4-7,10-11,14H2,1-3H3,(H,22,25)(H,23,24)/t19-/m1/s1. The van der Waals surface area contributed by atoms with E-state index in [2.05, 4.69) is 10.6 Å². The van der Waals surface area contributed by atoms with Crippen molar-refractivity contribution < 1.29 is 14.3 Å². The lowest BCUT2D eigenvalue weighted by atomic mass is 9.89. The lowest BCUT2D eigenvalue weighted by Crippen LogP contribution is -2.50. The van der Waals surface area contributed by atoms with Gasteiger partial charge in [-0.1, -0.05) is 45.2 Å². The van der Waals surface area contributed by atoms with Gasteiger partial charge >= 0.3 is 0 Å². The summed E-state index contributed by atoms with van der Waals surface area (Å²) >= 11 is 0. The maximum absolute atomic E-state index is 12.7. The molecule has 0 radical (unpaired) electrons. The van der Waals surface area contributed by atoms with Crippen molar-refractivity contribution in [3.63, 3.8) is 0 Å². The van der Waals surface area contributed by atoms with Crippen molar-refractivity contribution in [3.05, 3.63) is 29.8 Å². The summed E-state index contributed by atoms with van der Waals surface area (Å²) < 4.78 is 5.53. The van der Waals surface area contributed by atoms with Crippen LogP contribution >= 0.6 is 0 Å². The van der Waals surface area contributed by atoms with Gasteiger partial charge in [0.05, 0.1) is 12.2 Å².